The molecule has 0 aromatic heterocycles. The number of rotatable bonds is 8. The zero-order valence-corrected chi connectivity index (χ0v) is 20.6. The fourth-order valence-electron chi connectivity index (χ4n) is 3.11. The van der Waals surface area contributed by atoms with E-state index in [1.54, 1.807) is 11.8 Å². The van der Waals surface area contributed by atoms with Crippen LogP contribution >= 0.6 is 11.8 Å². The Kier molecular flexibility index (Phi) is 15.3. The van der Waals surface area contributed by atoms with E-state index >= 15 is 0 Å². The lowest BCUT2D eigenvalue weighted by molar-refractivity contribution is -0.131. The van der Waals surface area contributed by atoms with Gasteiger partial charge in [-0.25, -0.2) is 0 Å². The molecule has 1 aliphatic rings. The SMILES string of the molecule is C=N/C(C)=C(\SC)c1ccc([C@H](CO)NC(=O)[C@@H]2CCCN2C=O)cc1.CC(C)N.CO. The molecule has 1 aliphatic heterocycles. The molecule has 1 heterocycles. The van der Waals surface area contributed by atoms with Crippen LogP contribution < -0.4 is 11.1 Å². The molecule has 180 valence electrons. The molecule has 1 aromatic rings. The number of benzene rings is 1. The number of aliphatic imine (C=N–C) groups is 1. The van der Waals surface area contributed by atoms with Gasteiger partial charge in [0.1, 0.15) is 6.04 Å². The summed E-state index contributed by atoms with van der Waals surface area (Å²) in [6.45, 7) is 9.75. The van der Waals surface area contributed by atoms with E-state index < -0.39 is 12.1 Å². The number of allylic oxidation sites excluding steroid dienone is 1. The number of carbonyl (C=O) groups excluding carboxylic acids is 2. The van der Waals surface area contributed by atoms with Gasteiger partial charge in [0, 0.05) is 18.6 Å². The van der Waals surface area contributed by atoms with Crippen LogP contribution in [-0.4, -0.2) is 72.7 Å². The van der Waals surface area contributed by atoms with Gasteiger partial charge in [-0.2, -0.15) is 0 Å². The number of aliphatic hydroxyl groups is 2. The average Bonchev–Trinajstić information content (AvgIpc) is 3.28. The minimum Gasteiger partial charge on any atom is -0.400 e. The zero-order valence-electron chi connectivity index (χ0n) is 19.7. The van der Waals surface area contributed by atoms with Gasteiger partial charge in [-0.3, -0.25) is 14.6 Å². The Bertz CT molecular complexity index is 735. The third-order valence-electron chi connectivity index (χ3n) is 4.58. The number of nitrogens with zero attached hydrogens (tertiary/aromatic N) is 2. The summed E-state index contributed by atoms with van der Waals surface area (Å²) < 4.78 is 0. The van der Waals surface area contributed by atoms with Gasteiger partial charge in [-0.15, -0.1) is 11.8 Å². The molecular formula is C23H38N4O4S. The van der Waals surface area contributed by atoms with Crippen LogP contribution in [0.15, 0.2) is 35.0 Å². The molecule has 0 unspecified atom stereocenters. The molecule has 0 saturated carbocycles. The molecule has 2 rings (SSSR count). The number of carbonyl (C=O) groups is 2. The van der Waals surface area contributed by atoms with Gasteiger partial charge in [-0.1, -0.05) is 38.1 Å². The van der Waals surface area contributed by atoms with E-state index in [0.717, 1.165) is 35.3 Å². The second-order valence-corrected chi connectivity index (χ2v) is 8.20. The van der Waals surface area contributed by atoms with Gasteiger partial charge in [0.05, 0.1) is 18.3 Å². The summed E-state index contributed by atoms with van der Waals surface area (Å²) in [6, 6.07) is 7.03. The number of hydrogen-bond acceptors (Lipinski definition) is 7. The third kappa shape index (κ3) is 9.52. The fraction of sp³-hybridized carbons (Fsp3) is 0.522. The molecule has 2 atom stereocenters. The summed E-state index contributed by atoms with van der Waals surface area (Å²) in [5.41, 5.74) is 7.79. The topological polar surface area (TPSA) is 128 Å². The van der Waals surface area contributed by atoms with E-state index in [1.165, 1.54) is 4.90 Å². The van der Waals surface area contributed by atoms with Crippen LogP contribution in [0, 0.1) is 0 Å². The monoisotopic (exact) mass is 466 g/mol. The van der Waals surface area contributed by atoms with Crippen LogP contribution in [0.1, 0.15) is 50.8 Å². The molecular weight excluding hydrogens is 428 g/mol. The highest BCUT2D eigenvalue weighted by Crippen LogP contribution is 2.30. The van der Waals surface area contributed by atoms with E-state index in [1.807, 2.05) is 51.3 Å². The summed E-state index contributed by atoms with van der Waals surface area (Å²) in [4.78, 5) is 30.0. The van der Waals surface area contributed by atoms with Crippen molar-refractivity contribution >= 4 is 35.7 Å². The lowest BCUT2D eigenvalue weighted by atomic mass is 10.0. The number of amides is 2. The maximum absolute atomic E-state index is 12.5. The van der Waals surface area contributed by atoms with Crippen molar-refractivity contribution in [1.82, 2.24) is 10.2 Å². The summed E-state index contributed by atoms with van der Waals surface area (Å²) in [6.07, 6.45) is 4.16. The summed E-state index contributed by atoms with van der Waals surface area (Å²) in [7, 11) is 1.00. The van der Waals surface area contributed by atoms with Crippen LogP contribution in [-0.2, 0) is 9.59 Å². The highest BCUT2D eigenvalue weighted by molar-refractivity contribution is 8.07. The predicted octanol–water partition coefficient (Wildman–Crippen LogP) is 2.17. The van der Waals surface area contributed by atoms with E-state index in [9.17, 15) is 14.7 Å². The Labute approximate surface area is 196 Å². The molecule has 1 aromatic carbocycles. The molecule has 1 fully saturated rings. The number of aliphatic hydroxyl groups excluding tert-OH is 2. The van der Waals surface area contributed by atoms with Crippen molar-refractivity contribution in [1.29, 1.82) is 0 Å². The largest absolute Gasteiger partial charge is 0.400 e. The van der Waals surface area contributed by atoms with Crippen molar-refractivity contribution < 1.29 is 19.8 Å². The van der Waals surface area contributed by atoms with Crippen LogP contribution in [0.5, 0.6) is 0 Å². The molecule has 0 spiro atoms. The number of thioether (sulfide) groups is 1. The Balaban J connectivity index is 0.00000144. The van der Waals surface area contributed by atoms with Crippen LogP contribution in [0.3, 0.4) is 0 Å². The Hall–Kier alpha value is -2.20. The van der Waals surface area contributed by atoms with Crippen molar-refractivity contribution in [2.24, 2.45) is 10.7 Å². The Morgan fingerprint density at radius 2 is 1.94 bits per heavy atom. The molecule has 8 nitrogen and oxygen atoms in total. The molecule has 32 heavy (non-hydrogen) atoms. The molecule has 9 heteroatoms. The minimum absolute atomic E-state index is 0.211. The van der Waals surface area contributed by atoms with E-state index in [-0.39, 0.29) is 12.5 Å². The van der Waals surface area contributed by atoms with Gasteiger partial charge in [0.15, 0.2) is 0 Å². The maximum Gasteiger partial charge on any atom is 0.243 e. The fourth-order valence-corrected chi connectivity index (χ4v) is 3.84. The first-order valence-corrected chi connectivity index (χ1v) is 11.7. The summed E-state index contributed by atoms with van der Waals surface area (Å²) in [5.74, 6) is -0.228. The van der Waals surface area contributed by atoms with Crippen molar-refractivity contribution in [3.63, 3.8) is 0 Å². The van der Waals surface area contributed by atoms with Crippen molar-refractivity contribution in [2.45, 2.75) is 51.7 Å². The van der Waals surface area contributed by atoms with Crippen molar-refractivity contribution in [3.8, 4) is 0 Å². The summed E-state index contributed by atoms with van der Waals surface area (Å²) >= 11 is 1.59. The molecule has 2 amide bonds. The lowest BCUT2D eigenvalue weighted by Gasteiger charge is -2.23. The van der Waals surface area contributed by atoms with Crippen molar-refractivity contribution in [3.05, 3.63) is 41.1 Å². The molecule has 1 saturated heterocycles. The normalized spacial score (nSPS) is 16.7. The predicted molar refractivity (Wildman–Crippen MR) is 133 cm³/mol. The second-order valence-electron chi connectivity index (χ2n) is 7.39. The zero-order chi connectivity index (χ0) is 24.7. The van der Waals surface area contributed by atoms with Gasteiger partial charge in [-0.05, 0) is 49.9 Å². The van der Waals surface area contributed by atoms with Crippen LogP contribution in [0.25, 0.3) is 4.91 Å². The Morgan fingerprint density at radius 1 is 1.38 bits per heavy atom. The van der Waals surface area contributed by atoms with E-state index in [2.05, 4.69) is 17.0 Å². The number of hydrogen-bond donors (Lipinski definition) is 4. The highest BCUT2D eigenvalue weighted by atomic mass is 32.2. The van der Waals surface area contributed by atoms with Crippen LogP contribution in [0.4, 0.5) is 0 Å². The van der Waals surface area contributed by atoms with E-state index in [0.29, 0.717) is 25.4 Å². The molecule has 0 radical (unpaired) electrons. The maximum atomic E-state index is 12.5. The number of likely N-dealkylation sites (tertiary alicyclic amines) is 1. The van der Waals surface area contributed by atoms with Gasteiger partial charge < -0.3 is 26.2 Å². The smallest absolute Gasteiger partial charge is 0.243 e. The summed E-state index contributed by atoms with van der Waals surface area (Å²) in [5, 5.41) is 19.6. The molecule has 0 aliphatic carbocycles. The highest BCUT2D eigenvalue weighted by Gasteiger charge is 2.30. The standard InChI is InChI=1S/C19H25N3O3S.C3H9N.CH4O/c1-13(20-2)18(26-3)15-8-6-14(7-9-15)16(11-23)21-19(25)17-5-4-10-22(17)12-24;1-3(2)4;1-2/h6-9,12,16-17,23H,2,4-5,10-11H2,1,3H3,(H,21,25);3H,4H2,1-2H3;2H,1H3/b18-13-;;/t16-,17-;;/m0../s1. The van der Waals surface area contributed by atoms with Gasteiger partial charge in [0.2, 0.25) is 12.3 Å². The van der Waals surface area contributed by atoms with Gasteiger partial charge in [0.25, 0.3) is 0 Å². The second kappa shape index (κ2) is 16.4. The van der Waals surface area contributed by atoms with Crippen LogP contribution in [0.2, 0.25) is 0 Å². The van der Waals surface area contributed by atoms with Crippen molar-refractivity contribution in [2.75, 3.05) is 26.5 Å². The number of nitrogens with one attached hydrogen (secondary N) is 1. The first-order chi connectivity index (χ1) is 15.3. The quantitative estimate of drug-likeness (QED) is 0.343. The third-order valence-corrected chi connectivity index (χ3v) is 5.52. The lowest BCUT2D eigenvalue weighted by Crippen LogP contribution is -2.44. The molecule has 0 bridgehead atoms. The number of nitrogens with two attached hydrogens (primary N) is 1. The Morgan fingerprint density at radius 3 is 2.38 bits per heavy atom. The first-order valence-electron chi connectivity index (χ1n) is 10.4. The average molecular weight is 467 g/mol. The minimum atomic E-state index is -0.508. The first kappa shape index (κ1) is 29.8. The van der Waals surface area contributed by atoms with Gasteiger partial charge >= 0.3 is 0 Å². The van der Waals surface area contributed by atoms with E-state index in [4.69, 9.17) is 10.8 Å². The molecule has 5 N–H and O–H groups in total.